The molecule has 158 valence electrons. The normalized spacial score (nSPS) is 17.1. The quantitative estimate of drug-likeness (QED) is 0.594. The first-order valence-electron chi connectivity index (χ1n) is 9.96. The standard InChI is InChI=1S/C21H24N4O5/c1-14-2-5-22-19(8-14)23-21(26)15-3-6-24(7-4-15)11-16-9-18(25(27)28)10-17-12-29-13-30-20(16)17/h2,5,8-10,15H,3-4,6-7,11-13H2,1H3,(H,22,23,26). The van der Waals surface area contributed by atoms with Crippen LogP contribution in [-0.2, 0) is 22.7 Å². The van der Waals surface area contributed by atoms with Gasteiger partial charge in [-0.15, -0.1) is 0 Å². The third-order valence-corrected chi connectivity index (χ3v) is 5.50. The largest absolute Gasteiger partial charge is 0.467 e. The summed E-state index contributed by atoms with van der Waals surface area (Å²) in [6.07, 6.45) is 3.12. The number of carbonyl (C=O) groups excluding carboxylic acids is 1. The maximum absolute atomic E-state index is 12.6. The number of aryl methyl sites for hydroxylation is 1. The third kappa shape index (κ3) is 4.58. The van der Waals surface area contributed by atoms with Crippen LogP contribution in [0.1, 0.15) is 29.5 Å². The van der Waals surface area contributed by atoms with Gasteiger partial charge in [0.15, 0.2) is 6.79 Å². The van der Waals surface area contributed by atoms with E-state index < -0.39 is 4.92 Å². The number of nitro benzene ring substituents is 1. The number of fused-ring (bicyclic) bond motifs is 1. The Morgan fingerprint density at radius 3 is 2.87 bits per heavy atom. The van der Waals surface area contributed by atoms with E-state index >= 15 is 0 Å². The molecule has 3 heterocycles. The lowest BCUT2D eigenvalue weighted by atomic mass is 9.95. The van der Waals surface area contributed by atoms with Gasteiger partial charge < -0.3 is 14.8 Å². The van der Waals surface area contributed by atoms with Gasteiger partial charge >= 0.3 is 0 Å². The second-order valence-corrected chi connectivity index (χ2v) is 7.72. The molecule has 1 aromatic carbocycles. The molecular formula is C21H24N4O5. The molecule has 1 N–H and O–H groups in total. The molecule has 0 saturated carbocycles. The first-order chi connectivity index (χ1) is 14.5. The van der Waals surface area contributed by atoms with E-state index in [1.807, 2.05) is 19.1 Å². The maximum atomic E-state index is 12.6. The molecule has 30 heavy (non-hydrogen) atoms. The van der Waals surface area contributed by atoms with Crippen molar-refractivity contribution in [1.82, 2.24) is 9.88 Å². The predicted molar refractivity (Wildman–Crippen MR) is 109 cm³/mol. The molecule has 0 radical (unpaired) electrons. The van der Waals surface area contributed by atoms with Crippen molar-refractivity contribution in [2.45, 2.75) is 32.9 Å². The van der Waals surface area contributed by atoms with Gasteiger partial charge in [-0.05, 0) is 50.6 Å². The van der Waals surface area contributed by atoms with Crippen LogP contribution in [0.15, 0.2) is 30.5 Å². The Kier molecular flexibility index (Phi) is 5.91. The average Bonchev–Trinajstić information content (AvgIpc) is 2.74. The highest BCUT2D eigenvalue weighted by molar-refractivity contribution is 5.91. The number of amides is 1. The minimum atomic E-state index is -0.395. The zero-order valence-electron chi connectivity index (χ0n) is 16.8. The van der Waals surface area contributed by atoms with Crippen LogP contribution in [0.4, 0.5) is 11.5 Å². The highest BCUT2D eigenvalue weighted by Crippen LogP contribution is 2.34. The second-order valence-electron chi connectivity index (χ2n) is 7.72. The molecule has 0 bridgehead atoms. The number of hydrogen-bond acceptors (Lipinski definition) is 7. The second kappa shape index (κ2) is 8.76. The van der Waals surface area contributed by atoms with E-state index in [2.05, 4.69) is 15.2 Å². The van der Waals surface area contributed by atoms with Crippen LogP contribution in [0.25, 0.3) is 0 Å². The molecule has 9 heteroatoms. The summed E-state index contributed by atoms with van der Waals surface area (Å²) < 4.78 is 10.9. The minimum absolute atomic E-state index is 0.0130. The van der Waals surface area contributed by atoms with Crippen molar-refractivity contribution in [2.24, 2.45) is 5.92 Å². The van der Waals surface area contributed by atoms with Crippen molar-refractivity contribution in [3.63, 3.8) is 0 Å². The average molecular weight is 412 g/mol. The van der Waals surface area contributed by atoms with Gasteiger partial charge in [-0.1, -0.05) is 0 Å². The Morgan fingerprint density at radius 1 is 1.33 bits per heavy atom. The fourth-order valence-corrected chi connectivity index (χ4v) is 3.93. The number of hydrogen-bond donors (Lipinski definition) is 1. The molecule has 0 spiro atoms. The smallest absolute Gasteiger partial charge is 0.270 e. The van der Waals surface area contributed by atoms with Crippen molar-refractivity contribution < 1.29 is 19.2 Å². The molecule has 1 aromatic heterocycles. The van der Waals surface area contributed by atoms with Crippen LogP contribution in [0.5, 0.6) is 5.75 Å². The molecule has 1 amide bonds. The van der Waals surface area contributed by atoms with E-state index in [9.17, 15) is 14.9 Å². The van der Waals surface area contributed by atoms with Crippen LogP contribution < -0.4 is 10.1 Å². The Hall–Kier alpha value is -3.04. The van der Waals surface area contributed by atoms with Gasteiger partial charge in [0.05, 0.1) is 11.5 Å². The lowest BCUT2D eigenvalue weighted by Crippen LogP contribution is -2.38. The van der Waals surface area contributed by atoms with Gasteiger partial charge in [0.2, 0.25) is 5.91 Å². The maximum Gasteiger partial charge on any atom is 0.270 e. The third-order valence-electron chi connectivity index (χ3n) is 5.50. The number of pyridine rings is 1. The zero-order chi connectivity index (χ0) is 21.1. The zero-order valence-corrected chi connectivity index (χ0v) is 16.8. The van der Waals surface area contributed by atoms with Crippen LogP contribution in [0.3, 0.4) is 0 Å². The molecule has 9 nitrogen and oxygen atoms in total. The molecule has 2 aliphatic heterocycles. The number of ether oxygens (including phenoxy) is 2. The number of carbonyl (C=O) groups is 1. The van der Waals surface area contributed by atoms with Crippen LogP contribution in [-0.4, -0.2) is 40.6 Å². The Morgan fingerprint density at radius 2 is 2.13 bits per heavy atom. The van der Waals surface area contributed by atoms with E-state index in [0.717, 1.165) is 37.1 Å². The number of anilines is 1. The van der Waals surface area contributed by atoms with Gasteiger partial charge in [0.1, 0.15) is 11.6 Å². The summed E-state index contributed by atoms with van der Waals surface area (Å²) in [5.41, 5.74) is 2.57. The molecule has 1 fully saturated rings. The number of rotatable bonds is 5. The lowest BCUT2D eigenvalue weighted by Gasteiger charge is -2.32. The molecule has 2 aromatic rings. The van der Waals surface area contributed by atoms with Gasteiger partial charge in [0.25, 0.3) is 5.69 Å². The number of benzene rings is 1. The highest BCUT2D eigenvalue weighted by atomic mass is 16.7. The number of likely N-dealkylation sites (tertiary alicyclic amines) is 1. The minimum Gasteiger partial charge on any atom is -0.467 e. The summed E-state index contributed by atoms with van der Waals surface area (Å²) in [7, 11) is 0. The van der Waals surface area contributed by atoms with E-state index in [4.69, 9.17) is 9.47 Å². The lowest BCUT2D eigenvalue weighted by molar-refractivity contribution is -0.385. The Labute approximate surface area is 174 Å². The van der Waals surface area contributed by atoms with Crippen molar-refractivity contribution in [2.75, 3.05) is 25.2 Å². The number of piperidine rings is 1. The van der Waals surface area contributed by atoms with Crippen molar-refractivity contribution in [3.05, 3.63) is 57.3 Å². The van der Waals surface area contributed by atoms with Crippen molar-refractivity contribution in [1.29, 1.82) is 0 Å². The van der Waals surface area contributed by atoms with Crippen molar-refractivity contribution in [3.8, 4) is 5.75 Å². The summed E-state index contributed by atoms with van der Waals surface area (Å²) in [6.45, 7) is 4.41. The monoisotopic (exact) mass is 412 g/mol. The molecule has 0 unspecified atom stereocenters. The molecular weight excluding hydrogens is 388 g/mol. The van der Waals surface area contributed by atoms with Gasteiger partial charge in [-0.25, -0.2) is 4.98 Å². The van der Waals surface area contributed by atoms with Crippen LogP contribution >= 0.6 is 0 Å². The number of nitrogens with zero attached hydrogens (tertiary/aromatic N) is 3. The first-order valence-corrected chi connectivity index (χ1v) is 9.96. The fraction of sp³-hybridized carbons (Fsp3) is 0.429. The SMILES string of the molecule is Cc1ccnc(NC(=O)C2CCN(Cc3cc([N+](=O)[O-])cc4c3OCOC4)CC2)c1. The van der Waals surface area contributed by atoms with E-state index in [1.54, 1.807) is 12.3 Å². The topological polar surface area (TPSA) is 107 Å². The highest BCUT2D eigenvalue weighted by Gasteiger charge is 2.27. The van der Waals surface area contributed by atoms with Crippen LogP contribution in [0.2, 0.25) is 0 Å². The number of non-ortho nitro benzene ring substituents is 1. The van der Waals surface area contributed by atoms with E-state index in [0.29, 0.717) is 30.3 Å². The van der Waals surface area contributed by atoms with E-state index in [1.165, 1.54) is 6.07 Å². The molecule has 2 aliphatic rings. The summed E-state index contributed by atoms with van der Waals surface area (Å²) in [4.78, 5) is 29.9. The van der Waals surface area contributed by atoms with Crippen molar-refractivity contribution >= 4 is 17.4 Å². The molecule has 0 aliphatic carbocycles. The van der Waals surface area contributed by atoms with E-state index in [-0.39, 0.29) is 24.3 Å². The number of nitro groups is 1. The molecule has 4 rings (SSSR count). The predicted octanol–water partition coefficient (Wildman–Crippen LogP) is 3.02. The Balaban J connectivity index is 1.38. The first kappa shape index (κ1) is 20.2. The summed E-state index contributed by atoms with van der Waals surface area (Å²) in [6, 6.07) is 6.82. The molecule has 0 atom stereocenters. The van der Waals surface area contributed by atoms with Crippen LogP contribution in [0, 0.1) is 23.0 Å². The summed E-state index contributed by atoms with van der Waals surface area (Å²) in [5.74, 6) is 1.16. The van der Waals surface area contributed by atoms with Gasteiger partial charge in [0, 0.05) is 41.9 Å². The molecule has 1 saturated heterocycles. The number of nitrogens with one attached hydrogen (secondary N) is 1. The number of aromatic nitrogens is 1. The van der Waals surface area contributed by atoms with Gasteiger partial charge in [-0.2, -0.15) is 0 Å². The van der Waals surface area contributed by atoms with Gasteiger partial charge in [-0.3, -0.25) is 19.8 Å². The Bertz CT molecular complexity index is 956. The summed E-state index contributed by atoms with van der Waals surface area (Å²) in [5, 5.41) is 14.2. The fourth-order valence-electron chi connectivity index (χ4n) is 3.93. The summed E-state index contributed by atoms with van der Waals surface area (Å²) >= 11 is 0.